The van der Waals surface area contributed by atoms with E-state index in [2.05, 4.69) is 27.7 Å². The summed E-state index contributed by atoms with van der Waals surface area (Å²) in [7, 11) is 1.66. The van der Waals surface area contributed by atoms with E-state index in [0.29, 0.717) is 13.1 Å². The molecule has 7 nitrogen and oxygen atoms in total. The summed E-state index contributed by atoms with van der Waals surface area (Å²) >= 11 is 0. The van der Waals surface area contributed by atoms with Gasteiger partial charge in [-0.1, -0.05) is 6.92 Å². The molecule has 2 rings (SSSR count). The average molecular weight is 349 g/mol. The fourth-order valence-corrected chi connectivity index (χ4v) is 2.85. The molecule has 1 aromatic rings. The van der Waals surface area contributed by atoms with Crippen LogP contribution in [-0.2, 0) is 9.59 Å². The second-order valence-electron chi connectivity index (χ2n) is 6.24. The third-order valence-corrected chi connectivity index (χ3v) is 4.34. The zero-order chi connectivity index (χ0) is 18.1. The Hall–Kier alpha value is -2.28. The van der Waals surface area contributed by atoms with Gasteiger partial charge >= 0.3 is 0 Å². The molecule has 1 heterocycles. The molecule has 1 aliphatic rings. The number of carbonyl (C=O) groups excluding carboxylic acids is 2. The molecule has 0 spiro atoms. The number of nitrogens with zero attached hydrogens (tertiary/aromatic N) is 1. The molecule has 2 amide bonds. The first kappa shape index (κ1) is 19.1. The van der Waals surface area contributed by atoms with Crippen molar-refractivity contribution in [3.05, 3.63) is 24.3 Å². The fourth-order valence-electron chi connectivity index (χ4n) is 2.85. The predicted molar refractivity (Wildman–Crippen MR) is 97.1 cm³/mol. The molecule has 1 saturated heterocycles. The summed E-state index contributed by atoms with van der Waals surface area (Å²) in [6.45, 7) is 6.74. The summed E-state index contributed by atoms with van der Waals surface area (Å²) in [5, 5.41) is 5.44. The molecule has 0 bridgehead atoms. The average Bonchev–Trinajstić information content (AvgIpc) is 2.65. The molecule has 1 aromatic carbocycles. The lowest BCUT2D eigenvalue weighted by molar-refractivity contribution is -0.892. The van der Waals surface area contributed by atoms with Gasteiger partial charge in [0.25, 0.3) is 5.91 Å². The minimum atomic E-state index is -0.130. The van der Waals surface area contributed by atoms with Crippen LogP contribution < -0.4 is 25.2 Å². The highest BCUT2D eigenvalue weighted by Gasteiger charge is 2.22. The molecular weight excluding hydrogens is 320 g/mol. The van der Waals surface area contributed by atoms with Crippen LogP contribution in [0.25, 0.3) is 0 Å². The highest BCUT2D eigenvalue weighted by molar-refractivity contribution is 5.84. The lowest BCUT2D eigenvalue weighted by Gasteiger charge is -2.33. The number of ether oxygens (including phenoxy) is 1. The van der Waals surface area contributed by atoms with Gasteiger partial charge in [0.2, 0.25) is 5.91 Å². The van der Waals surface area contributed by atoms with Gasteiger partial charge in [0.15, 0.2) is 6.54 Å². The summed E-state index contributed by atoms with van der Waals surface area (Å²) < 4.78 is 5.18. The van der Waals surface area contributed by atoms with E-state index in [1.54, 1.807) is 7.11 Å². The van der Waals surface area contributed by atoms with E-state index in [4.69, 9.17) is 4.74 Å². The molecular formula is C18H29N4O3+. The van der Waals surface area contributed by atoms with Crippen LogP contribution in [0.2, 0.25) is 0 Å². The van der Waals surface area contributed by atoms with Gasteiger partial charge in [-0.3, -0.25) is 9.59 Å². The van der Waals surface area contributed by atoms with Gasteiger partial charge in [0, 0.05) is 12.2 Å². The van der Waals surface area contributed by atoms with E-state index in [-0.39, 0.29) is 18.4 Å². The first-order valence-corrected chi connectivity index (χ1v) is 8.88. The quantitative estimate of drug-likeness (QED) is 0.565. The third kappa shape index (κ3) is 6.26. The van der Waals surface area contributed by atoms with Crippen molar-refractivity contribution in [3.8, 4) is 5.75 Å². The van der Waals surface area contributed by atoms with Crippen molar-refractivity contribution in [3.63, 3.8) is 0 Å². The van der Waals surface area contributed by atoms with Crippen molar-refractivity contribution in [2.75, 3.05) is 57.8 Å². The number of benzene rings is 1. The Morgan fingerprint density at radius 3 is 2.40 bits per heavy atom. The maximum atomic E-state index is 12.0. The van der Waals surface area contributed by atoms with E-state index < -0.39 is 0 Å². The molecule has 0 atom stereocenters. The highest BCUT2D eigenvalue weighted by atomic mass is 16.5. The number of methoxy groups -OCH3 is 1. The molecule has 1 aliphatic heterocycles. The van der Waals surface area contributed by atoms with E-state index in [0.717, 1.165) is 38.3 Å². The topological polar surface area (TPSA) is 75.1 Å². The summed E-state index contributed by atoms with van der Waals surface area (Å²) in [4.78, 5) is 27.0. The second-order valence-corrected chi connectivity index (χ2v) is 6.24. The van der Waals surface area contributed by atoms with Gasteiger partial charge in [-0.15, -0.1) is 0 Å². The van der Waals surface area contributed by atoms with Crippen LogP contribution in [0.5, 0.6) is 5.75 Å². The molecule has 0 radical (unpaired) electrons. The number of nitrogens with one attached hydrogen (secondary N) is 3. The summed E-state index contributed by atoms with van der Waals surface area (Å²) in [5.74, 6) is 0.654. The summed E-state index contributed by atoms with van der Waals surface area (Å²) in [5.41, 5.74) is 1.18. The van der Waals surface area contributed by atoms with Crippen LogP contribution in [0.1, 0.15) is 13.3 Å². The molecule has 0 saturated carbocycles. The van der Waals surface area contributed by atoms with Crippen LogP contribution in [0.4, 0.5) is 5.69 Å². The van der Waals surface area contributed by atoms with Crippen LogP contribution in [-0.4, -0.2) is 64.7 Å². The smallest absolute Gasteiger partial charge is 0.275 e. The number of rotatable bonds is 8. The number of amides is 2. The predicted octanol–water partition coefficient (Wildman–Crippen LogP) is -0.957. The lowest BCUT2D eigenvalue weighted by atomic mass is 10.2. The standard InChI is InChI=1S/C18H28N4O3/c1-3-8-19-17(23)13-20-18(24)14-21-9-11-22(12-10-21)15-4-6-16(25-2)7-5-15/h4-7H,3,8-14H2,1-2H3,(H,19,23)(H,20,24)/p+1. The molecule has 0 unspecified atom stereocenters. The van der Waals surface area contributed by atoms with E-state index >= 15 is 0 Å². The molecule has 25 heavy (non-hydrogen) atoms. The van der Waals surface area contributed by atoms with Gasteiger partial charge in [-0.25, -0.2) is 0 Å². The number of piperazine rings is 1. The van der Waals surface area contributed by atoms with Crippen molar-refractivity contribution in [2.24, 2.45) is 0 Å². The minimum Gasteiger partial charge on any atom is -0.497 e. The molecule has 3 N–H and O–H groups in total. The molecule has 1 fully saturated rings. The SMILES string of the molecule is CCCNC(=O)CNC(=O)C[NH+]1CCN(c2ccc(OC)cc2)CC1. The first-order chi connectivity index (χ1) is 12.1. The Morgan fingerprint density at radius 2 is 1.80 bits per heavy atom. The fraction of sp³-hybridized carbons (Fsp3) is 0.556. The largest absolute Gasteiger partial charge is 0.497 e. The second kappa shape index (κ2) is 9.88. The Morgan fingerprint density at radius 1 is 1.12 bits per heavy atom. The zero-order valence-electron chi connectivity index (χ0n) is 15.1. The maximum absolute atomic E-state index is 12.0. The maximum Gasteiger partial charge on any atom is 0.275 e. The Labute approximate surface area is 149 Å². The highest BCUT2D eigenvalue weighted by Crippen LogP contribution is 2.18. The lowest BCUT2D eigenvalue weighted by Crippen LogP contribution is -3.16. The Kier molecular flexibility index (Phi) is 7.53. The van der Waals surface area contributed by atoms with Crippen molar-refractivity contribution in [2.45, 2.75) is 13.3 Å². The van der Waals surface area contributed by atoms with Crippen LogP contribution in [0.15, 0.2) is 24.3 Å². The van der Waals surface area contributed by atoms with E-state index in [1.807, 2.05) is 19.1 Å². The molecule has 138 valence electrons. The van der Waals surface area contributed by atoms with Crippen molar-refractivity contribution in [1.29, 1.82) is 0 Å². The monoisotopic (exact) mass is 349 g/mol. The van der Waals surface area contributed by atoms with Crippen molar-refractivity contribution in [1.82, 2.24) is 10.6 Å². The summed E-state index contributed by atoms with van der Waals surface area (Å²) in [6.07, 6.45) is 0.891. The van der Waals surface area contributed by atoms with E-state index in [9.17, 15) is 9.59 Å². The molecule has 0 aliphatic carbocycles. The van der Waals surface area contributed by atoms with Gasteiger partial charge in [-0.05, 0) is 30.7 Å². The number of quaternary nitrogens is 1. The molecule has 0 aromatic heterocycles. The number of hydrogen-bond donors (Lipinski definition) is 3. The normalized spacial score (nSPS) is 14.9. The summed E-state index contributed by atoms with van der Waals surface area (Å²) in [6, 6.07) is 8.05. The third-order valence-electron chi connectivity index (χ3n) is 4.34. The van der Waals surface area contributed by atoms with Crippen LogP contribution >= 0.6 is 0 Å². The zero-order valence-corrected chi connectivity index (χ0v) is 15.1. The van der Waals surface area contributed by atoms with Gasteiger partial charge < -0.3 is 25.2 Å². The van der Waals surface area contributed by atoms with E-state index in [1.165, 1.54) is 10.6 Å². The van der Waals surface area contributed by atoms with Crippen LogP contribution in [0.3, 0.4) is 0 Å². The number of carbonyl (C=O) groups is 2. The molecule has 7 heteroatoms. The Balaban J connectivity index is 1.69. The van der Waals surface area contributed by atoms with Crippen molar-refractivity contribution < 1.29 is 19.2 Å². The first-order valence-electron chi connectivity index (χ1n) is 8.88. The Bertz CT molecular complexity index is 554. The van der Waals surface area contributed by atoms with Gasteiger partial charge in [0.1, 0.15) is 5.75 Å². The number of hydrogen-bond acceptors (Lipinski definition) is 4. The minimum absolute atomic E-state index is 0.0596. The number of anilines is 1. The van der Waals surface area contributed by atoms with Crippen LogP contribution in [0, 0.1) is 0 Å². The van der Waals surface area contributed by atoms with Gasteiger partial charge in [0.05, 0.1) is 39.8 Å². The van der Waals surface area contributed by atoms with Gasteiger partial charge in [-0.2, -0.15) is 0 Å². The van der Waals surface area contributed by atoms with Crippen molar-refractivity contribution >= 4 is 17.5 Å².